The second-order valence-corrected chi connectivity index (χ2v) is 10.9. The van der Waals surface area contributed by atoms with Crippen molar-refractivity contribution >= 4 is 45.4 Å². The van der Waals surface area contributed by atoms with Gasteiger partial charge in [-0.25, -0.2) is 4.99 Å². The summed E-state index contributed by atoms with van der Waals surface area (Å²) in [4.78, 5) is 21.0. The van der Waals surface area contributed by atoms with Crippen molar-refractivity contribution in [3.05, 3.63) is 143 Å². The number of carbonyl (C=O) groups excluding carboxylic acids is 1. The Balaban J connectivity index is 1.28. The molecule has 5 aromatic rings. The Morgan fingerprint density at radius 3 is 2.33 bits per heavy atom. The molecule has 42 heavy (non-hydrogen) atoms. The second-order valence-electron chi connectivity index (χ2n) is 9.94. The first kappa shape index (κ1) is 27.4. The minimum absolute atomic E-state index is 0.0821. The summed E-state index contributed by atoms with van der Waals surface area (Å²) in [5.41, 5.74) is 3.79. The van der Waals surface area contributed by atoms with E-state index in [0.717, 1.165) is 22.4 Å². The van der Waals surface area contributed by atoms with Gasteiger partial charge in [0.25, 0.3) is 5.91 Å². The largest absolute Gasteiger partial charge is 0.493 e. The first-order chi connectivity index (χ1) is 20.6. The molecule has 1 aliphatic rings. The smallest absolute Gasteiger partial charge is 0.267 e. The lowest BCUT2D eigenvalue weighted by atomic mass is 10.1. The summed E-state index contributed by atoms with van der Waals surface area (Å²) < 4.78 is 11.9. The number of methoxy groups -OCH3 is 1. The highest BCUT2D eigenvalue weighted by Gasteiger charge is 2.37. The number of aliphatic imine (C=N–C) groups is 1. The molecule has 1 amide bonds. The van der Waals surface area contributed by atoms with E-state index in [1.807, 2.05) is 110 Å². The maximum Gasteiger partial charge on any atom is 0.267 e. The average molecular weight is 571 g/mol. The lowest BCUT2D eigenvalue weighted by molar-refractivity contribution is -0.123. The number of amides is 1. The van der Waals surface area contributed by atoms with E-state index in [1.54, 1.807) is 12.0 Å². The second kappa shape index (κ2) is 12.4. The number of rotatable bonds is 8. The highest BCUT2D eigenvalue weighted by molar-refractivity contribution is 8.18. The molecule has 1 aliphatic heterocycles. The van der Waals surface area contributed by atoms with Gasteiger partial charge in [0.1, 0.15) is 6.61 Å². The summed E-state index contributed by atoms with van der Waals surface area (Å²) in [6, 6.07) is 39.8. The Morgan fingerprint density at radius 2 is 1.55 bits per heavy atom. The fourth-order valence-corrected chi connectivity index (χ4v) is 6.09. The van der Waals surface area contributed by atoms with Gasteiger partial charge in [0.2, 0.25) is 0 Å². The third kappa shape index (κ3) is 5.80. The minimum atomic E-state index is -0.182. The number of ether oxygens (including phenoxy) is 2. The minimum Gasteiger partial charge on any atom is -0.493 e. The molecule has 1 atom stereocenters. The lowest BCUT2D eigenvalue weighted by Crippen LogP contribution is -2.32. The van der Waals surface area contributed by atoms with Crippen molar-refractivity contribution in [3.8, 4) is 11.5 Å². The van der Waals surface area contributed by atoms with Crippen LogP contribution in [0, 0.1) is 0 Å². The van der Waals surface area contributed by atoms with Gasteiger partial charge in [0.15, 0.2) is 16.7 Å². The molecule has 0 aliphatic carbocycles. The number of nitrogens with zero attached hydrogens (tertiary/aromatic N) is 2. The molecule has 0 bridgehead atoms. The fourth-order valence-electron chi connectivity index (χ4n) is 5.02. The quantitative estimate of drug-likeness (QED) is 0.175. The summed E-state index contributed by atoms with van der Waals surface area (Å²) in [6.07, 6.45) is 1.89. The summed E-state index contributed by atoms with van der Waals surface area (Å²) in [6.45, 7) is 2.44. The fraction of sp³-hybridized carbons (Fsp3) is 0.111. The number of carbonyl (C=O) groups is 1. The number of hydrogen-bond acceptors (Lipinski definition) is 5. The number of hydrogen-bond donors (Lipinski definition) is 0. The van der Waals surface area contributed by atoms with Crippen LogP contribution in [0.4, 0.5) is 5.69 Å². The van der Waals surface area contributed by atoms with Gasteiger partial charge in [0.05, 0.1) is 23.7 Å². The molecule has 6 rings (SSSR count). The van der Waals surface area contributed by atoms with Gasteiger partial charge in [0, 0.05) is 0 Å². The van der Waals surface area contributed by atoms with E-state index < -0.39 is 0 Å². The molecule has 0 saturated carbocycles. The van der Waals surface area contributed by atoms with Crippen LogP contribution < -0.4 is 9.47 Å². The maximum atomic E-state index is 13.8. The first-order valence-corrected chi connectivity index (χ1v) is 14.6. The van der Waals surface area contributed by atoms with Gasteiger partial charge in [-0.05, 0) is 76.5 Å². The van der Waals surface area contributed by atoms with Crippen LogP contribution in [0.3, 0.4) is 0 Å². The molecule has 1 saturated heterocycles. The predicted molar refractivity (Wildman–Crippen MR) is 172 cm³/mol. The molecule has 0 unspecified atom stereocenters. The zero-order valence-electron chi connectivity index (χ0n) is 23.4. The monoisotopic (exact) mass is 570 g/mol. The Hall–Kier alpha value is -4.81. The third-order valence-corrected chi connectivity index (χ3v) is 8.22. The van der Waals surface area contributed by atoms with Crippen molar-refractivity contribution in [1.29, 1.82) is 0 Å². The van der Waals surface area contributed by atoms with Crippen molar-refractivity contribution in [3.63, 3.8) is 0 Å². The van der Waals surface area contributed by atoms with Gasteiger partial charge < -0.3 is 9.47 Å². The van der Waals surface area contributed by atoms with E-state index >= 15 is 0 Å². The Kier molecular flexibility index (Phi) is 8.06. The van der Waals surface area contributed by atoms with Gasteiger partial charge in [-0.1, -0.05) is 97.1 Å². The van der Waals surface area contributed by atoms with Gasteiger partial charge in [-0.15, -0.1) is 0 Å². The van der Waals surface area contributed by atoms with Crippen molar-refractivity contribution < 1.29 is 14.3 Å². The van der Waals surface area contributed by atoms with Gasteiger partial charge in [-0.3, -0.25) is 9.69 Å². The summed E-state index contributed by atoms with van der Waals surface area (Å²) >= 11 is 1.38. The molecule has 0 N–H and O–H groups in total. The van der Waals surface area contributed by atoms with E-state index in [2.05, 4.69) is 24.3 Å². The molecule has 6 heteroatoms. The summed E-state index contributed by atoms with van der Waals surface area (Å²) in [5.74, 6) is 1.16. The standard InChI is InChI=1S/C36H30N2O3S/c1-25(27-12-5-3-6-13-27)38-35(39)34(42-36(38)37-30-17-7-4-8-18-30)23-26-20-21-32(33(22-26)40-2)41-24-29-16-11-15-28-14-9-10-19-31(28)29/h3-23,25H,24H2,1-2H3/b34-23+,37-36?/t25-/m0/s1. The van der Waals surface area contributed by atoms with Crippen LogP contribution in [0.1, 0.15) is 29.7 Å². The topological polar surface area (TPSA) is 51.1 Å². The molecule has 208 valence electrons. The maximum absolute atomic E-state index is 13.8. The van der Waals surface area contributed by atoms with Crippen LogP contribution in [0.25, 0.3) is 16.8 Å². The van der Waals surface area contributed by atoms with E-state index in [4.69, 9.17) is 14.5 Å². The Labute approximate surface area is 250 Å². The molecular formula is C36H30N2O3S. The zero-order valence-corrected chi connectivity index (χ0v) is 24.3. The first-order valence-electron chi connectivity index (χ1n) is 13.8. The summed E-state index contributed by atoms with van der Waals surface area (Å²) in [7, 11) is 1.63. The lowest BCUT2D eigenvalue weighted by Gasteiger charge is -2.24. The zero-order chi connectivity index (χ0) is 28.9. The van der Waals surface area contributed by atoms with E-state index in [0.29, 0.717) is 28.2 Å². The van der Waals surface area contributed by atoms with E-state index in [-0.39, 0.29) is 11.9 Å². The van der Waals surface area contributed by atoms with Crippen LogP contribution >= 0.6 is 11.8 Å². The van der Waals surface area contributed by atoms with Crippen LogP contribution in [0.2, 0.25) is 0 Å². The van der Waals surface area contributed by atoms with Crippen molar-refractivity contribution in [2.24, 2.45) is 4.99 Å². The molecular weight excluding hydrogens is 540 g/mol. The number of benzene rings is 5. The Morgan fingerprint density at radius 1 is 0.833 bits per heavy atom. The van der Waals surface area contributed by atoms with Crippen molar-refractivity contribution in [1.82, 2.24) is 4.90 Å². The molecule has 1 heterocycles. The molecule has 1 fully saturated rings. The van der Waals surface area contributed by atoms with E-state index in [9.17, 15) is 4.79 Å². The van der Waals surface area contributed by atoms with Crippen LogP contribution in [-0.2, 0) is 11.4 Å². The van der Waals surface area contributed by atoms with Crippen molar-refractivity contribution in [2.45, 2.75) is 19.6 Å². The normalized spacial score (nSPS) is 15.9. The number of fused-ring (bicyclic) bond motifs is 1. The number of amidine groups is 1. The van der Waals surface area contributed by atoms with Crippen LogP contribution in [0.15, 0.2) is 131 Å². The third-order valence-electron chi connectivity index (χ3n) is 7.24. The predicted octanol–water partition coefficient (Wildman–Crippen LogP) is 8.79. The van der Waals surface area contributed by atoms with Crippen LogP contribution in [-0.4, -0.2) is 23.1 Å². The Bertz CT molecular complexity index is 1780. The summed E-state index contributed by atoms with van der Waals surface area (Å²) in [5, 5.41) is 2.99. The highest BCUT2D eigenvalue weighted by atomic mass is 32.2. The molecule has 0 radical (unpaired) electrons. The van der Waals surface area contributed by atoms with Gasteiger partial charge in [-0.2, -0.15) is 0 Å². The highest BCUT2D eigenvalue weighted by Crippen LogP contribution is 2.40. The SMILES string of the molecule is COc1cc(/C=C2/SC(=Nc3ccccc3)N([C@@H](C)c3ccccc3)C2=O)ccc1OCc1cccc2ccccc12. The molecule has 0 aromatic heterocycles. The number of para-hydroxylation sites is 1. The molecule has 5 nitrogen and oxygen atoms in total. The van der Waals surface area contributed by atoms with Crippen molar-refractivity contribution in [2.75, 3.05) is 7.11 Å². The molecule has 0 spiro atoms. The number of thioether (sulfide) groups is 1. The molecule has 5 aromatic carbocycles. The average Bonchev–Trinajstić information content (AvgIpc) is 3.34. The van der Waals surface area contributed by atoms with E-state index in [1.165, 1.54) is 22.5 Å². The van der Waals surface area contributed by atoms with Crippen LogP contribution in [0.5, 0.6) is 11.5 Å². The van der Waals surface area contributed by atoms with Gasteiger partial charge >= 0.3 is 0 Å².